The fraction of sp³-hybridized carbons (Fsp3) is 0.231. The van der Waals surface area contributed by atoms with Crippen LogP contribution in [-0.2, 0) is 0 Å². The smallest absolute Gasteiger partial charge is 0.275 e. The van der Waals surface area contributed by atoms with Crippen molar-refractivity contribution >= 4 is 17.3 Å². The minimum absolute atomic E-state index is 0.00601. The quantitative estimate of drug-likeness (QED) is 0.634. The van der Waals surface area contributed by atoms with E-state index in [1.54, 1.807) is 13.8 Å². The molecule has 0 bridgehead atoms. The van der Waals surface area contributed by atoms with Crippen LogP contribution in [0, 0.1) is 36.7 Å². The van der Waals surface area contributed by atoms with Crippen LogP contribution in [-0.4, -0.2) is 14.9 Å². The lowest BCUT2D eigenvalue weighted by molar-refractivity contribution is -0.385. The molecule has 1 heterocycles. The first-order valence-corrected chi connectivity index (χ1v) is 6.30. The Labute approximate surface area is 124 Å². The van der Waals surface area contributed by atoms with Gasteiger partial charge in [0.05, 0.1) is 22.4 Å². The zero-order valence-electron chi connectivity index (χ0n) is 11.5. The summed E-state index contributed by atoms with van der Waals surface area (Å²) in [6.07, 6.45) is 0. The minimum atomic E-state index is -0.872. The molecule has 0 saturated heterocycles. The first-order valence-electron chi connectivity index (χ1n) is 5.92. The molecule has 21 heavy (non-hydrogen) atoms. The topological polar surface area (TPSA) is 78.2 Å². The average Bonchev–Trinajstić information content (AvgIpc) is 2.39. The molecule has 0 amide bonds. The molecule has 0 fully saturated rings. The Morgan fingerprint density at radius 2 is 1.86 bits per heavy atom. The molecule has 6 nitrogen and oxygen atoms in total. The van der Waals surface area contributed by atoms with Crippen LogP contribution in [0.4, 0.5) is 10.1 Å². The van der Waals surface area contributed by atoms with Gasteiger partial charge in [0.25, 0.3) is 11.6 Å². The second-order valence-electron chi connectivity index (χ2n) is 4.42. The molecule has 0 spiro atoms. The summed E-state index contributed by atoms with van der Waals surface area (Å²) < 4.78 is 19.2. The zero-order valence-corrected chi connectivity index (χ0v) is 12.2. The van der Waals surface area contributed by atoms with Gasteiger partial charge < -0.3 is 4.74 Å². The Morgan fingerprint density at radius 1 is 1.24 bits per heavy atom. The second-order valence-corrected chi connectivity index (χ2v) is 4.78. The van der Waals surface area contributed by atoms with Crippen molar-refractivity contribution in [2.45, 2.75) is 20.8 Å². The van der Waals surface area contributed by atoms with E-state index in [2.05, 4.69) is 9.97 Å². The Morgan fingerprint density at radius 3 is 2.48 bits per heavy atom. The van der Waals surface area contributed by atoms with Crippen LogP contribution in [0.5, 0.6) is 11.6 Å². The number of halogens is 2. The predicted octanol–water partition coefficient (Wildman–Crippen LogP) is 3.89. The Kier molecular flexibility index (Phi) is 4.04. The third-order valence-electron chi connectivity index (χ3n) is 2.89. The summed E-state index contributed by atoms with van der Waals surface area (Å²) in [5.74, 6) is -1.12. The Hall–Kier alpha value is -2.28. The van der Waals surface area contributed by atoms with Crippen molar-refractivity contribution in [2.24, 2.45) is 0 Å². The van der Waals surface area contributed by atoms with Crippen LogP contribution >= 0.6 is 11.6 Å². The lowest BCUT2D eigenvalue weighted by Gasteiger charge is -2.09. The molecule has 110 valence electrons. The van der Waals surface area contributed by atoms with Crippen LogP contribution in [0.25, 0.3) is 0 Å². The maximum absolute atomic E-state index is 13.9. The monoisotopic (exact) mass is 311 g/mol. The van der Waals surface area contributed by atoms with Crippen LogP contribution in [0.3, 0.4) is 0 Å². The number of hydrogen-bond donors (Lipinski definition) is 0. The van der Waals surface area contributed by atoms with E-state index in [0.29, 0.717) is 11.4 Å². The molecule has 0 atom stereocenters. The molecule has 0 N–H and O–H groups in total. The SMILES string of the molecule is Cc1cc(Oc2nc(C)c(C)nc2Cl)c(F)cc1[N+](=O)[O-]. The number of nitro benzene ring substituents is 1. The van der Waals surface area contributed by atoms with Crippen molar-refractivity contribution in [3.8, 4) is 11.6 Å². The number of benzene rings is 1. The van der Waals surface area contributed by atoms with E-state index >= 15 is 0 Å². The summed E-state index contributed by atoms with van der Waals surface area (Å²) in [6, 6.07) is 2.02. The molecule has 1 aromatic heterocycles. The maximum Gasteiger partial charge on any atom is 0.275 e. The van der Waals surface area contributed by atoms with Gasteiger partial charge in [0.15, 0.2) is 16.7 Å². The minimum Gasteiger partial charge on any atom is -0.433 e. The number of ether oxygens (including phenoxy) is 1. The largest absolute Gasteiger partial charge is 0.433 e. The van der Waals surface area contributed by atoms with Crippen LogP contribution in [0.15, 0.2) is 12.1 Å². The van der Waals surface area contributed by atoms with E-state index < -0.39 is 10.7 Å². The van der Waals surface area contributed by atoms with Gasteiger partial charge in [-0.2, -0.15) is 0 Å². The first-order chi connectivity index (χ1) is 9.79. The third kappa shape index (κ3) is 3.08. The zero-order chi connectivity index (χ0) is 15.7. The van der Waals surface area contributed by atoms with E-state index in [1.165, 1.54) is 13.0 Å². The molecule has 1 aromatic carbocycles. The third-order valence-corrected chi connectivity index (χ3v) is 3.14. The number of nitro groups is 1. The van der Waals surface area contributed by atoms with Gasteiger partial charge in [0.1, 0.15) is 0 Å². The van der Waals surface area contributed by atoms with E-state index in [-0.39, 0.29) is 28.0 Å². The van der Waals surface area contributed by atoms with Crippen molar-refractivity contribution < 1.29 is 14.1 Å². The van der Waals surface area contributed by atoms with Gasteiger partial charge >= 0.3 is 0 Å². The van der Waals surface area contributed by atoms with Gasteiger partial charge in [-0.25, -0.2) is 14.4 Å². The number of nitrogens with zero attached hydrogens (tertiary/aromatic N) is 3. The number of rotatable bonds is 3. The number of aryl methyl sites for hydroxylation is 3. The lowest BCUT2D eigenvalue weighted by Crippen LogP contribution is -2.00. The Balaban J connectivity index is 2.43. The highest BCUT2D eigenvalue weighted by atomic mass is 35.5. The normalized spacial score (nSPS) is 10.5. The summed E-state index contributed by atoms with van der Waals surface area (Å²) in [7, 11) is 0. The molecule has 0 aliphatic carbocycles. The van der Waals surface area contributed by atoms with Gasteiger partial charge in [-0.3, -0.25) is 10.1 Å². The Bertz CT molecular complexity index is 737. The van der Waals surface area contributed by atoms with E-state index in [1.807, 2.05) is 0 Å². The highest BCUT2D eigenvalue weighted by Crippen LogP contribution is 2.32. The van der Waals surface area contributed by atoms with Crippen molar-refractivity contribution in [1.82, 2.24) is 9.97 Å². The highest BCUT2D eigenvalue weighted by Gasteiger charge is 2.18. The van der Waals surface area contributed by atoms with Gasteiger partial charge in [-0.1, -0.05) is 11.6 Å². The van der Waals surface area contributed by atoms with Crippen LogP contribution in [0.2, 0.25) is 5.15 Å². The van der Waals surface area contributed by atoms with Crippen molar-refractivity contribution in [3.63, 3.8) is 0 Å². The first kappa shape index (κ1) is 15.1. The molecular formula is C13H11ClFN3O3. The summed E-state index contributed by atoms with van der Waals surface area (Å²) in [5, 5.41) is 10.7. The molecule has 0 unspecified atom stereocenters. The molecule has 8 heteroatoms. The molecule has 0 aliphatic heterocycles. The molecule has 2 rings (SSSR count). The number of hydrogen-bond acceptors (Lipinski definition) is 5. The second kappa shape index (κ2) is 5.61. The van der Waals surface area contributed by atoms with Crippen molar-refractivity contribution in [3.05, 3.63) is 50.2 Å². The average molecular weight is 312 g/mol. The standard InChI is InChI=1S/C13H11ClFN3O3/c1-6-4-11(9(15)5-10(6)18(19)20)21-13-12(14)16-7(2)8(3)17-13/h4-5H,1-3H3. The fourth-order valence-electron chi connectivity index (χ4n) is 1.64. The molecular weight excluding hydrogens is 301 g/mol. The van der Waals surface area contributed by atoms with Crippen LogP contribution < -0.4 is 4.74 Å². The van der Waals surface area contributed by atoms with Gasteiger partial charge in [-0.15, -0.1) is 0 Å². The van der Waals surface area contributed by atoms with Crippen LogP contribution in [0.1, 0.15) is 17.0 Å². The summed E-state index contributed by atoms with van der Waals surface area (Å²) in [6.45, 7) is 4.93. The molecule has 0 saturated carbocycles. The highest BCUT2D eigenvalue weighted by molar-refractivity contribution is 6.30. The molecule has 2 aromatic rings. The van der Waals surface area contributed by atoms with E-state index in [4.69, 9.17) is 16.3 Å². The van der Waals surface area contributed by atoms with Gasteiger partial charge in [0, 0.05) is 5.56 Å². The van der Waals surface area contributed by atoms with E-state index in [0.717, 1.165) is 6.07 Å². The summed E-state index contributed by atoms with van der Waals surface area (Å²) in [4.78, 5) is 18.2. The number of aromatic nitrogens is 2. The van der Waals surface area contributed by atoms with E-state index in [9.17, 15) is 14.5 Å². The molecule has 0 aliphatic rings. The lowest BCUT2D eigenvalue weighted by atomic mass is 10.2. The summed E-state index contributed by atoms with van der Waals surface area (Å²) >= 11 is 5.90. The van der Waals surface area contributed by atoms with Gasteiger partial charge in [-0.05, 0) is 26.8 Å². The van der Waals surface area contributed by atoms with Gasteiger partial charge in [0.2, 0.25) is 0 Å². The fourth-order valence-corrected chi connectivity index (χ4v) is 1.85. The maximum atomic E-state index is 13.9. The summed E-state index contributed by atoms with van der Waals surface area (Å²) in [5.41, 5.74) is 1.17. The molecule has 0 radical (unpaired) electrons. The predicted molar refractivity (Wildman–Crippen MR) is 74.4 cm³/mol. The van der Waals surface area contributed by atoms with Crippen molar-refractivity contribution in [2.75, 3.05) is 0 Å². The van der Waals surface area contributed by atoms with Crippen molar-refractivity contribution in [1.29, 1.82) is 0 Å².